The lowest BCUT2D eigenvalue weighted by Gasteiger charge is -2.24. The normalized spacial score (nSPS) is 12.2. The summed E-state index contributed by atoms with van der Waals surface area (Å²) in [4.78, 5) is 32.1. The summed E-state index contributed by atoms with van der Waals surface area (Å²) in [5, 5.41) is 0. The van der Waals surface area contributed by atoms with Crippen molar-refractivity contribution in [1.82, 2.24) is 29.9 Å². The molecule has 0 spiro atoms. The van der Waals surface area contributed by atoms with Gasteiger partial charge in [-0.05, 0) is 103 Å². The van der Waals surface area contributed by atoms with Gasteiger partial charge in [0.15, 0.2) is 34.9 Å². The van der Waals surface area contributed by atoms with Gasteiger partial charge in [-0.25, -0.2) is 29.9 Å². The number of aromatic nitrogens is 6. The molecule has 0 N–H and O–H groups in total. The number of hydrogen-bond donors (Lipinski definition) is 0. The molecule has 2 heterocycles. The predicted molar refractivity (Wildman–Crippen MR) is 305 cm³/mol. The summed E-state index contributed by atoms with van der Waals surface area (Å²) in [6.45, 7) is 4.61. The molecule has 0 bridgehead atoms. The number of benzene rings is 10. The van der Waals surface area contributed by atoms with E-state index in [9.17, 15) is 0 Å². The van der Waals surface area contributed by atoms with Crippen LogP contribution in [0.15, 0.2) is 255 Å². The summed E-state index contributed by atoms with van der Waals surface area (Å²) < 4.78 is 0. The highest BCUT2D eigenvalue weighted by molar-refractivity contribution is 5.95. The molecule has 6 heteroatoms. The number of rotatable bonds is 10. The topological polar surface area (TPSA) is 77.3 Å². The van der Waals surface area contributed by atoms with Gasteiger partial charge in [0.1, 0.15) is 0 Å². The van der Waals surface area contributed by atoms with Gasteiger partial charge in [0.25, 0.3) is 0 Å². The number of nitrogens with zero attached hydrogens (tertiary/aromatic N) is 6. The van der Waals surface area contributed by atoms with Gasteiger partial charge in [-0.15, -0.1) is 0 Å². The van der Waals surface area contributed by atoms with Crippen molar-refractivity contribution in [1.29, 1.82) is 0 Å². The minimum atomic E-state index is -0.483. The van der Waals surface area contributed by atoms with E-state index in [0.29, 0.717) is 34.9 Å². The van der Waals surface area contributed by atoms with Crippen molar-refractivity contribution in [2.75, 3.05) is 0 Å². The maximum atomic E-state index is 5.55. The monoisotopic (exact) mass is 960 g/mol. The van der Waals surface area contributed by atoms with Gasteiger partial charge in [-0.2, -0.15) is 0 Å². The molecule has 0 radical (unpaired) electrons. The van der Waals surface area contributed by atoms with Crippen LogP contribution in [-0.4, -0.2) is 29.9 Å². The standard InChI is InChI=1S/C69H48N6/c1-69(2)60-38-22-36-58(67-72-63(49-31-17-7-18-32-49)70-64(73-67)50-33-19-8-20-34-50)61(60)57-35-21-37-59(62(57)69)68-74-65(55-41-51(45-23-9-3-10-24-45)39-52(42-55)46-25-11-4-12-26-46)71-66(75-68)56-43-53(47-27-13-5-14-28-47)40-54(44-56)48-29-15-6-16-30-48/h3-44H,1-2H3. The van der Waals surface area contributed by atoms with Crippen molar-refractivity contribution in [2.24, 2.45) is 0 Å². The summed E-state index contributed by atoms with van der Waals surface area (Å²) in [5.41, 5.74) is 18.2. The van der Waals surface area contributed by atoms with E-state index in [1.165, 1.54) is 5.56 Å². The highest BCUT2D eigenvalue weighted by atomic mass is 15.0. The molecule has 75 heavy (non-hydrogen) atoms. The minimum absolute atomic E-state index is 0.483. The van der Waals surface area contributed by atoms with Crippen LogP contribution in [-0.2, 0) is 5.41 Å². The van der Waals surface area contributed by atoms with E-state index in [4.69, 9.17) is 29.9 Å². The van der Waals surface area contributed by atoms with Crippen LogP contribution in [0.4, 0.5) is 0 Å². The van der Waals surface area contributed by atoms with Crippen molar-refractivity contribution in [3.05, 3.63) is 266 Å². The average molecular weight is 961 g/mol. The molecule has 10 aromatic carbocycles. The van der Waals surface area contributed by atoms with E-state index in [-0.39, 0.29) is 0 Å². The molecule has 354 valence electrons. The van der Waals surface area contributed by atoms with Gasteiger partial charge in [0.05, 0.1) is 0 Å². The maximum Gasteiger partial charge on any atom is 0.164 e. The Morgan fingerprint density at radius 2 is 0.507 bits per heavy atom. The van der Waals surface area contributed by atoms with Crippen LogP contribution in [0.2, 0.25) is 0 Å². The summed E-state index contributed by atoms with van der Waals surface area (Å²) in [6.07, 6.45) is 0. The largest absolute Gasteiger partial charge is 0.208 e. The van der Waals surface area contributed by atoms with E-state index in [1.54, 1.807) is 0 Å². The lowest BCUT2D eigenvalue weighted by Crippen LogP contribution is -2.17. The maximum absolute atomic E-state index is 5.55. The molecular weight excluding hydrogens is 913 g/mol. The second-order valence-electron chi connectivity index (χ2n) is 19.5. The third kappa shape index (κ3) is 8.58. The Hall–Kier alpha value is -9.78. The molecule has 0 saturated heterocycles. The molecule has 1 aliphatic rings. The molecule has 0 fully saturated rings. The van der Waals surface area contributed by atoms with Crippen LogP contribution in [0.3, 0.4) is 0 Å². The third-order valence-electron chi connectivity index (χ3n) is 14.3. The average Bonchev–Trinajstić information content (AvgIpc) is 3.79. The first-order valence-corrected chi connectivity index (χ1v) is 25.3. The van der Waals surface area contributed by atoms with E-state index < -0.39 is 5.41 Å². The summed E-state index contributed by atoms with van der Waals surface area (Å²) >= 11 is 0. The third-order valence-corrected chi connectivity index (χ3v) is 14.3. The second kappa shape index (κ2) is 19.0. The van der Waals surface area contributed by atoms with Crippen LogP contribution in [0.25, 0.3) is 124 Å². The summed E-state index contributed by atoms with van der Waals surface area (Å²) in [5.74, 6) is 3.59. The molecule has 0 amide bonds. The van der Waals surface area contributed by atoms with Crippen LogP contribution in [0.1, 0.15) is 25.0 Å². The van der Waals surface area contributed by atoms with Gasteiger partial charge in [-0.1, -0.05) is 232 Å². The fourth-order valence-electron chi connectivity index (χ4n) is 10.7. The van der Waals surface area contributed by atoms with Gasteiger partial charge < -0.3 is 0 Å². The highest BCUT2D eigenvalue weighted by Crippen LogP contribution is 2.54. The Balaban J connectivity index is 1.05. The molecule has 6 nitrogen and oxygen atoms in total. The Bertz CT molecular complexity index is 3730. The molecule has 0 atom stereocenters. The molecular formula is C69H48N6. The molecule has 0 saturated carbocycles. The molecule has 13 rings (SSSR count). The summed E-state index contributed by atoms with van der Waals surface area (Å²) in [6, 6.07) is 88.8. The zero-order valence-corrected chi connectivity index (χ0v) is 41.4. The van der Waals surface area contributed by atoms with Gasteiger partial charge in [0, 0.05) is 38.8 Å². The van der Waals surface area contributed by atoms with Gasteiger partial charge >= 0.3 is 0 Å². The fraction of sp³-hybridized carbons (Fsp3) is 0.0435. The second-order valence-corrected chi connectivity index (χ2v) is 19.5. The molecule has 1 aliphatic carbocycles. The quantitative estimate of drug-likeness (QED) is 0.136. The number of fused-ring (bicyclic) bond motifs is 3. The van der Waals surface area contributed by atoms with Crippen molar-refractivity contribution in [3.8, 4) is 124 Å². The zero-order chi connectivity index (χ0) is 50.3. The lowest BCUT2D eigenvalue weighted by atomic mass is 9.80. The van der Waals surface area contributed by atoms with E-state index >= 15 is 0 Å². The van der Waals surface area contributed by atoms with E-state index in [2.05, 4.69) is 208 Å². The SMILES string of the molecule is CC1(C)c2cccc(-c3nc(-c4ccccc4)nc(-c4ccccc4)n3)c2-c2cccc(-c3nc(-c4cc(-c5ccccc5)cc(-c5ccccc5)c4)nc(-c4cc(-c5ccccc5)cc(-c5ccccc5)c4)n3)c21. The molecule has 12 aromatic rings. The Morgan fingerprint density at radius 1 is 0.227 bits per heavy atom. The van der Waals surface area contributed by atoms with Crippen LogP contribution in [0, 0.1) is 0 Å². The lowest BCUT2D eigenvalue weighted by molar-refractivity contribution is 0.661. The minimum Gasteiger partial charge on any atom is -0.208 e. The molecule has 2 aromatic heterocycles. The van der Waals surface area contributed by atoms with Crippen LogP contribution in [0.5, 0.6) is 0 Å². The van der Waals surface area contributed by atoms with Crippen molar-refractivity contribution >= 4 is 0 Å². The van der Waals surface area contributed by atoms with Crippen molar-refractivity contribution in [2.45, 2.75) is 19.3 Å². The highest BCUT2D eigenvalue weighted by Gasteiger charge is 2.40. The van der Waals surface area contributed by atoms with Crippen LogP contribution < -0.4 is 0 Å². The first-order chi connectivity index (χ1) is 36.9. The first kappa shape index (κ1) is 45.1. The van der Waals surface area contributed by atoms with Gasteiger partial charge in [0.2, 0.25) is 0 Å². The first-order valence-electron chi connectivity index (χ1n) is 25.3. The fourth-order valence-corrected chi connectivity index (χ4v) is 10.7. The van der Waals surface area contributed by atoms with E-state index in [0.717, 1.165) is 94.6 Å². The molecule has 0 unspecified atom stereocenters. The van der Waals surface area contributed by atoms with E-state index in [1.807, 2.05) is 60.7 Å². The van der Waals surface area contributed by atoms with Crippen molar-refractivity contribution < 1.29 is 0 Å². The molecule has 0 aliphatic heterocycles. The predicted octanol–water partition coefficient (Wildman–Crippen LogP) is 17.0. The number of hydrogen-bond acceptors (Lipinski definition) is 6. The summed E-state index contributed by atoms with van der Waals surface area (Å²) in [7, 11) is 0. The van der Waals surface area contributed by atoms with Crippen molar-refractivity contribution in [3.63, 3.8) is 0 Å². The Kier molecular flexibility index (Phi) is 11.4. The Morgan fingerprint density at radius 3 is 0.893 bits per heavy atom. The zero-order valence-electron chi connectivity index (χ0n) is 41.4. The van der Waals surface area contributed by atoms with Gasteiger partial charge in [-0.3, -0.25) is 0 Å². The smallest absolute Gasteiger partial charge is 0.164 e. The Labute approximate surface area is 436 Å². The van der Waals surface area contributed by atoms with Crippen LogP contribution >= 0.6 is 0 Å².